The summed E-state index contributed by atoms with van der Waals surface area (Å²) in [5.41, 5.74) is 0.540. The molecule has 1 aromatic carbocycles. The summed E-state index contributed by atoms with van der Waals surface area (Å²) in [6.45, 7) is 0.516. The number of hydrogen-bond donors (Lipinski definition) is 1. The SMILES string of the molecule is COc1ccc(NC(=O)[C@H]2CCCN(S(=O)(=O)c3cccnc3)C2)cc1Cl. The molecule has 0 unspecified atom stereocenters. The first-order valence-corrected chi connectivity index (χ1v) is 10.3. The van der Waals surface area contributed by atoms with E-state index >= 15 is 0 Å². The first kappa shape index (κ1) is 19.6. The molecule has 3 rings (SSSR count). The molecule has 0 aliphatic carbocycles. The number of hydrogen-bond acceptors (Lipinski definition) is 5. The third-order valence-electron chi connectivity index (χ3n) is 4.45. The molecule has 9 heteroatoms. The Kier molecular flexibility index (Phi) is 5.98. The Balaban J connectivity index is 1.70. The number of methoxy groups -OCH3 is 1. The monoisotopic (exact) mass is 409 g/mol. The van der Waals surface area contributed by atoms with Gasteiger partial charge in [-0.05, 0) is 43.2 Å². The van der Waals surface area contributed by atoms with Crippen molar-refractivity contribution in [3.8, 4) is 5.75 Å². The number of ether oxygens (including phenoxy) is 1. The number of piperidine rings is 1. The van der Waals surface area contributed by atoms with Gasteiger partial charge in [0.25, 0.3) is 0 Å². The van der Waals surface area contributed by atoms with Crippen molar-refractivity contribution in [1.82, 2.24) is 9.29 Å². The van der Waals surface area contributed by atoms with Gasteiger partial charge in [0.2, 0.25) is 15.9 Å². The summed E-state index contributed by atoms with van der Waals surface area (Å²) >= 11 is 6.08. The summed E-state index contributed by atoms with van der Waals surface area (Å²) < 4.78 is 31.9. The molecule has 7 nitrogen and oxygen atoms in total. The number of aromatic nitrogens is 1. The Bertz CT molecular complexity index is 921. The van der Waals surface area contributed by atoms with Gasteiger partial charge in [0.05, 0.1) is 18.1 Å². The lowest BCUT2D eigenvalue weighted by molar-refractivity contribution is -0.120. The van der Waals surface area contributed by atoms with E-state index in [1.165, 1.54) is 29.9 Å². The third kappa shape index (κ3) is 4.40. The minimum absolute atomic E-state index is 0.132. The summed E-state index contributed by atoms with van der Waals surface area (Å²) in [5, 5.41) is 3.19. The molecule has 27 heavy (non-hydrogen) atoms. The average Bonchev–Trinajstić information content (AvgIpc) is 2.69. The molecule has 1 aliphatic rings. The van der Waals surface area contributed by atoms with Gasteiger partial charge in [0.1, 0.15) is 10.6 Å². The van der Waals surface area contributed by atoms with Crippen molar-refractivity contribution < 1.29 is 17.9 Å². The van der Waals surface area contributed by atoms with Gasteiger partial charge >= 0.3 is 0 Å². The third-order valence-corrected chi connectivity index (χ3v) is 6.59. The van der Waals surface area contributed by atoms with Crippen LogP contribution in [0.5, 0.6) is 5.75 Å². The number of carbonyl (C=O) groups is 1. The number of carbonyl (C=O) groups excluding carboxylic acids is 1. The van der Waals surface area contributed by atoms with E-state index in [1.54, 1.807) is 24.3 Å². The van der Waals surface area contributed by atoms with Crippen LogP contribution in [0.25, 0.3) is 0 Å². The lowest BCUT2D eigenvalue weighted by Crippen LogP contribution is -2.43. The van der Waals surface area contributed by atoms with Gasteiger partial charge in [0.15, 0.2) is 0 Å². The van der Waals surface area contributed by atoms with E-state index in [9.17, 15) is 13.2 Å². The highest BCUT2D eigenvalue weighted by Crippen LogP contribution is 2.28. The van der Waals surface area contributed by atoms with Gasteiger partial charge in [0, 0.05) is 31.2 Å². The van der Waals surface area contributed by atoms with Crippen molar-refractivity contribution in [1.29, 1.82) is 0 Å². The molecule has 0 saturated carbocycles. The zero-order chi connectivity index (χ0) is 19.4. The van der Waals surface area contributed by atoms with Crippen molar-refractivity contribution in [2.24, 2.45) is 5.92 Å². The number of anilines is 1. The molecule has 2 heterocycles. The minimum Gasteiger partial charge on any atom is -0.495 e. The molecule has 0 radical (unpaired) electrons. The Labute approximate surface area is 163 Å². The number of amides is 1. The van der Waals surface area contributed by atoms with E-state index in [-0.39, 0.29) is 17.3 Å². The van der Waals surface area contributed by atoms with Crippen molar-refractivity contribution >= 4 is 33.2 Å². The van der Waals surface area contributed by atoms with Crippen LogP contribution in [0.2, 0.25) is 5.02 Å². The average molecular weight is 410 g/mol. The molecule has 0 spiro atoms. The summed E-state index contributed by atoms with van der Waals surface area (Å²) in [7, 11) is -2.15. The van der Waals surface area contributed by atoms with Crippen LogP contribution >= 0.6 is 11.6 Å². The molecule has 1 atom stereocenters. The van der Waals surface area contributed by atoms with Crippen molar-refractivity contribution in [2.45, 2.75) is 17.7 Å². The quantitative estimate of drug-likeness (QED) is 0.820. The fourth-order valence-electron chi connectivity index (χ4n) is 3.01. The molecular weight excluding hydrogens is 390 g/mol. The Hall–Kier alpha value is -2.16. The van der Waals surface area contributed by atoms with Gasteiger partial charge < -0.3 is 10.1 Å². The van der Waals surface area contributed by atoms with Crippen LogP contribution in [-0.4, -0.2) is 43.8 Å². The Morgan fingerprint density at radius 1 is 1.37 bits per heavy atom. The normalized spacial score (nSPS) is 18.1. The fraction of sp³-hybridized carbons (Fsp3) is 0.333. The molecule has 144 valence electrons. The first-order chi connectivity index (χ1) is 12.9. The summed E-state index contributed by atoms with van der Waals surface area (Å²) in [6, 6.07) is 8.04. The highest BCUT2D eigenvalue weighted by molar-refractivity contribution is 7.89. The Morgan fingerprint density at radius 2 is 2.19 bits per heavy atom. The molecule has 1 fully saturated rings. The maximum Gasteiger partial charge on any atom is 0.244 e. The van der Waals surface area contributed by atoms with Crippen molar-refractivity contribution in [3.05, 3.63) is 47.7 Å². The van der Waals surface area contributed by atoms with E-state index in [1.807, 2.05) is 0 Å². The molecule has 1 aromatic heterocycles. The van der Waals surface area contributed by atoms with E-state index in [4.69, 9.17) is 16.3 Å². The summed E-state index contributed by atoms with van der Waals surface area (Å²) in [5.74, 6) is -0.158. The van der Waals surface area contributed by atoms with Crippen LogP contribution in [0.15, 0.2) is 47.6 Å². The smallest absolute Gasteiger partial charge is 0.244 e. The summed E-state index contributed by atoms with van der Waals surface area (Å²) in [4.78, 5) is 16.6. The predicted molar refractivity (Wildman–Crippen MR) is 102 cm³/mol. The largest absolute Gasteiger partial charge is 0.495 e. The number of halogens is 1. The maximum absolute atomic E-state index is 12.8. The number of benzene rings is 1. The lowest BCUT2D eigenvalue weighted by Gasteiger charge is -2.31. The van der Waals surface area contributed by atoms with Crippen LogP contribution < -0.4 is 10.1 Å². The zero-order valence-corrected chi connectivity index (χ0v) is 16.3. The second-order valence-electron chi connectivity index (χ2n) is 6.23. The second kappa shape index (κ2) is 8.24. The lowest BCUT2D eigenvalue weighted by atomic mass is 9.98. The number of nitrogens with one attached hydrogen (secondary N) is 1. The minimum atomic E-state index is -3.66. The fourth-order valence-corrected chi connectivity index (χ4v) is 4.76. The number of rotatable bonds is 5. The topological polar surface area (TPSA) is 88.6 Å². The second-order valence-corrected chi connectivity index (χ2v) is 8.57. The summed E-state index contributed by atoms with van der Waals surface area (Å²) in [6.07, 6.45) is 4.07. The number of nitrogens with zero attached hydrogens (tertiary/aromatic N) is 2. The van der Waals surface area contributed by atoms with E-state index in [2.05, 4.69) is 10.3 Å². The van der Waals surface area contributed by atoms with Gasteiger partial charge in [-0.15, -0.1) is 0 Å². The van der Waals surface area contributed by atoms with Crippen molar-refractivity contribution in [2.75, 3.05) is 25.5 Å². The molecule has 0 bridgehead atoms. The van der Waals surface area contributed by atoms with Crippen molar-refractivity contribution in [3.63, 3.8) is 0 Å². The van der Waals surface area contributed by atoms with Crippen LogP contribution in [0.4, 0.5) is 5.69 Å². The number of sulfonamides is 1. The zero-order valence-electron chi connectivity index (χ0n) is 14.8. The highest BCUT2D eigenvalue weighted by Gasteiger charge is 2.33. The van der Waals surface area contributed by atoms with Crippen LogP contribution in [0, 0.1) is 5.92 Å². The van der Waals surface area contributed by atoms with Crippen LogP contribution in [-0.2, 0) is 14.8 Å². The standard InChI is InChI=1S/C18H20ClN3O4S/c1-26-17-7-6-14(10-16(17)19)21-18(23)13-4-3-9-22(12-13)27(24,25)15-5-2-8-20-11-15/h2,5-8,10-11,13H,3-4,9,12H2,1H3,(H,21,23)/t13-/m0/s1. The molecular formula is C18H20ClN3O4S. The van der Waals surface area contributed by atoms with Gasteiger partial charge in [-0.3, -0.25) is 9.78 Å². The van der Waals surface area contributed by atoms with E-state index < -0.39 is 15.9 Å². The van der Waals surface area contributed by atoms with Gasteiger partial charge in [-0.1, -0.05) is 11.6 Å². The van der Waals surface area contributed by atoms with E-state index in [0.717, 1.165) is 0 Å². The molecule has 1 N–H and O–H groups in total. The highest BCUT2D eigenvalue weighted by atomic mass is 35.5. The van der Waals surface area contributed by atoms with Gasteiger partial charge in [-0.2, -0.15) is 4.31 Å². The molecule has 1 saturated heterocycles. The predicted octanol–water partition coefficient (Wildman–Crippen LogP) is 2.78. The first-order valence-electron chi connectivity index (χ1n) is 8.46. The maximum atomic E-state index is 12.8. The Morgan fingerprint density at radius 3 is 2.85 bits per heavy atom. The molecule has 2 aromatic rings. The molecule has 1 aliphatic heterocycles. The van der Waals surface area contributed by atoms with Gasteiger partial charge in [-0.25, -0.2) is 8.42 Å². The molecule has 1 amide bonds. The number of pyridine rings is 1. The van der Waals surface area contributed by atoms with Crippen LogP contribution in [0.3, 0.4) is 0 Å². The van der Waals surface area contributed by atoms with E-state index in [0.29, 0.717) is 35.8 Å². The van der Waals surface area contributed by atoms with Crippen LogP contribution in [0.1, 0.15) is 12.8 Å².